The molecule has 1 saturated carbocycles. The monoisotopic (exact) mass is 395 g/mol. The molecule has 1 unspecified atom stereocenters. The first-order valence-corrected chi connectivity index (χ1v) is 12.3. The third-order valence-electron chi connectivity index (χ3n) is 6.09. The number of nitrogens with zero attached hydrogens (tertiary/aromatic N) is 1. The summed E-state index contributed by atoms with van der Waals surface area (Å²) >= 11 is 1.60. The third-order valence-corrected chi connectivity index (χ3v) is 8.92. The van der Waals surface area contributed by atoms with Gasteiger partial charge in [0, 0.05) is 15.8 Å². The van der Waals surface area contributed by atoms with Crippen LogP contribution >= 0.6 is 11.3 Å². The first-order valence-electron chi connectivity index (χ1n) is 10.4. The van der Waals surface area contributed by atoms with E-state index in [1.54, 1.807) is 15.6 Å². The van der Waals surface area contributed by atoms with E-state index in [4.69, 9.17) is 0 Å². The fraction of sp³-hybridized carbons (Fsp3) is 0.762. The summed E-state index contributed by atoms with van der Waals surface area (Å²) in [5.74, 6) is 0.820. The van der Waals surface area contributed by atoms with E-state index in [-0.39, 0.29) is 11.9 Å². The summed E-state index contributed by atoms with van der Waals surface area (Å²) in [5.41, 5.74) is 0.736. The van der Waals surface area contributed by atoms with Crippen LogP contribution in [0.15, 0.2) is 4.90 Å². The van der Waals surface area contributed by atoms with Crippen molar-refractivity contribution in [1.29, 1.82) is 0 Å². The van der Waals surface area contributed by atoms with Gasteiger partial charge in [-0.2, -0.15) is 0 Å². The molecule has 1 atom stereocenters. The van der Waals surface area contributed by atoms with Crippen molar-refractivity contribution in [2.24, 2.45) is 5.92 Å². The number of carbonyl (C=O) groups excluding carboxylic acids is 1. The summed E-state index contributed by atoms with van der Waals surface area (Å²) in [6.45, 7) is 6.23. The van der Waals surface area contributed by atoms with E-state index in [2.05, 4.69) is 6.92 Å². The molecule has 5 heteroatoms. The maximum atomic E-state index is 12.9. The summed E-state index contributed by atoms with van der Waals surface area (Å²) in [6.07, 6.45) is 13.9. The molecular weight excluding hydrogens is 362 g/mol. The molecule has 26 heavy (non-hydrogen) atoms. The molecule has 0 bridgehead atoms. The predicted molar refractivity (Wildman–Crippen MR) is 110 cm³/mol. The van der Waals surface area contributed by atoms with Gasteiger partial charge < -0.3 is 0 Å². The number of thiophene rings is 1. The highest BCUT2D eigenvalue weighted by atomic mass is 32.2. The van der Waals surface area contributed by atoms with Gasteiger partial charge in [0.05, 0.1) is 10.5 Å². The van der Waals surface area contributed by atoms with Crippen molar-refractivity contribution in [1.82, 2.24) is 4.31 Å². The molecule has 2 heterocycles. The zero-order valence-electron chi connectivity index (χ0n) is 16.5. The van der Waals surface area contributed by atoms with Crippen molar-refractivity contribution < 1.29 is 9.00 Å². The van der Waals surface area contributed by atoms with Crippen LogP contribution in [-0.4, -0.2) is 20.5 Å². The molecule has 146 valence electrons. The molecular formula is C21H33NO2S2. The fourth-order valence-electron chi connectivity index (χ4n) is 4.59. The van der Waals surface area contributed by atoms with Crippen LogP contribution < -0.4 is 0 Å². The van der Waals surface area contributed by atoms with Crippen LogP contribution in [0, 0.1) is 19.8 Å². The van der Waals surface area contributed by atoms with Crippen molar-refractivity contribution in [2.45, 2.75) is 102 Å². The maximum absolute atomic E-state index is 12.9. The second kappa shape index (κ2) is 9.01. The smallest absolute Gasteiger partial charge is 0.268 e. The van der Waals surface area contributed by atoms with Gasteiger partial charge in [0.1, 0.15) is 0 Å². The lowest BCUT2D eigenvalue weighted by atomic mass is 9.83. The highest BCUT2D eigenvalue weighted by molar-refractivity contribution is 7.84. The van der Waals surface area contributed by atoms with Crippen LogP contribution in [0.5, 0.6) is 0 Å². The summed E-state index contributed by atoms with van der Waals surface area (Å²) in [7, 11) is -1.28. The van der Waals surface area contributed by atoms with Gasteiger partial charge in [0.15, 0.2) is 11.0 Å². The molecule has 2 aliphatic rings. The Morgan fingerprint density at radius 1 is 1.00 bits per heavy atom. The van der Waals surface area contributed by atoms with Crippen LogP contribution in [0.25, 0.3) is 0 Å². The molecule has 1 amide bonds. The number of hydrogen-bond acceptors (Lipinski definition) is 3. The lowest BCUT2D eigenvalue weighted by Gasteiger charge is -2.33. The molecule has 0 saturated heterocycles. The standard InChI is InChI=1S/C21H33NO2S2/c1-4-5-6-7-8-9-10-17-11-13-18(14-12-17)22-21(23)19-15(2)25-16(3)20(19)26(22)24/h17-18H,4-14H2,1-3H3. The molecule has 3 rings (SSSR count). The Balaban J connectivity index is 1.48. The maximum Gasteiger partial charge on any atom is 0.268 e. The minimum Gasteiger partial charge on any atom is -0.268 e. The fourth-order valence-corrected chi connectivity index (χ4v) is 7.52. The van der Waals surface area contributed by atoms with Gasteiger partial charge in [-0.05, 0) is 45.4 Å². The Hall–Kier alpha value is -0.680. The summed E-state index contributed by atoms with van der Waals surface area (Å²) in [4.78, 5) is 15.7. The molecule has 0 spiro atoms. The quantitative estimate of drug-likeness (QED) is 0.495. The summed E-state index contributed by atoms with van der Waals surface area (Å²) < 4.78 is 14.6. The van der Waals surface area contributed by atoms with E-state index in [0.29, 0.717) is 0 Å². The molecule has 0 radical (unpaired) electrons. The Morgan fingerprint density at radius 2 is 1.65 bits per heavy atom. The van der Waals surface area contributed by atoms with E-state index >= 15 is 0 Å². The molecule has 1 aromatic rings. The predicted octanol–water partition coefficient (Wildman–Crippen LogP) is 6.15. The van der Waals surface area contributed by atoms with E-state index in [9.17, 15) is 9.00 Å². The lowest BCUT2D eigenvalue weighted by molar-refractivity contribution is 0.0801. The number of fused-ring (bicyclic) bond motifs is 1. The normalized spacial score (nSPS) is 25.7. The molecule has 0 N–H and O–H groups in total. The van der Waals surface area contributed by atoms with E-state index in [1.165, 1.54) is 57.8 Å². The summed E-state index contributed by atoms with van der Waals surface area (Å²) in [5, 5.41) is 0. The van der Waals surface area contributed by atoms with E-state index in [0.717, 1.165) is 39.0 Å². The number of amides is 1. The van der Waals surface area contributed by atoms with Crippen molar-refractivity contribution in [3.8, 4) is 0 Å². The number of unbranched alkanes of at least 4 members (excludes halogenated alkanes) is 5. The lowest BCUT2D eigenvalue weighted by Crippen LogP contribution is -2.39. The third kappa shape index (κ3) is 4.09. The largest absolute Gasteiger partial charge is 0.268 e. The van der Waals surface area contributed by atoms with Crippen LogP contribution in [0.3, 0.4) is 0 Å². The number of aryl methyl sites for hydroxylation is 2. The van der Waals surface area contributed by atoms with Gasteiger partial charge in [0.2, 0.25) is 0 Å². The zero-order valence-corrected chi connectivity index (χ0v) is 18.1. The second-order valence-corrected chi connectivity index (χ2v) is 10.8. The van der Waals surface area contributed by atoms with Gasteiger partial charge in [-0.1, -0.05) is 51.9 Å². The Bertz CT molecular complexity index is 623. The molecule has 1 aliphatic heterocycles. The molecule has 0 aromatic carbocycles. The molecule has 1 fully saturated rings. The van der Waals surface area contributed by atoms with Crippen molar-refractivity contribution in [3.63, 3.8) is 0 Å². The SMILES string of the molecule is CCCCCCCCC1CCC(N2C(=O)c3c(C)sc(C)c3S2=O)CC1. The Morgan fingerprint density at radius 3 is 2.31 bits per heavy atom. The first kappa shape index (κ1) is 20.1. The Kier molecular flexibility index (Phi) is 6.95. The van der Waals surface area contributed by atoms with E-state index in [1.807, 2.05) is 13.8 Å². The van der Waals surface area contributed by atoms with Crippen molar-refractivity contribution >= 4 is 28.2 Å². The highest BCUT2D eigenvalue weighted by Crippen LogP contribution is 2.41. The van der Waals surface area contributed by atoms with Gasteiger partial charge in [-0.3, -0.25) is 9.10 Å². The zero-order chi connectivity index (χ0) is 18.7. The first-order chi connectivity index (χ1) is 12.5. The van der Waals surface area contributed by atoms with Crippen LogP contribution in [0.4, 0.5) is 0 Å². The van der Waals surface area contributed by atoms with Gasteiger partial charge in [-0.25, -0.2) is 4.21 Å². The van der Waals surface area contributed by atoms with Gasteiger partial charge >= 0.3 is 0 Å². The second-order valence-electron chi connectivity index (χ2n) is 8.03. The Labute approximate surface area is 165 Å². The van der Waals surface area contributed by atoms with Gasteiger partial charge in [0.25, 0.3) is 5.91 Å². The topological polar surface area (TPSA) is 37.4 Å². The van der Waals surface area contributed by atoms with Crippen LogP contribution in [0.2, 0.25) is 0 Å². The van der Waals surface area contributed by atoms with Gasteiger partial charge in [-0.15, -0.1) is 11.3 Å². The van der Waals surface area contributed by atoms with Crippen LogP contribution in [0.1, 0.15) is 97.7 Å². The molecule has 3 nitrogen and oxygen atoms in total. The molecule has 1 aliphatic carbocycles. The number of rotatable bonds is 8. The highest BCUT2D eigenvalue weighted by Gasteiger charge is 2.43. The van der Waals surface area contributed by atoms with Crippen molar-refractivity contribution in [3.05, 3.63) is 15.3 Å². The van der Waals surface area contributed by atoms with Crippen molar-refractivity contribution in [2.75, 3.05) is 0 Å². The minimum absolute atomic E-state index is 0.0135. The number of hydrogen-bond donors (Lipinski definition) is 0. The van der Waals surface area contributed by atoms with Crippen LogP contribution in [-0.2, 0) is 11.0 Å². The minimum atomic E-state index is -1.28. The molecule has 1 aromatic heterocycles. The van der Waals surface area contributed by atoms with E-state index < -0.39 is 11.0 Å². The number of carbonyl (C=O) groups is 1. The summed E-state index contributed by atoms with van der Waals surface area (Å²) in [6, 6.07) is 0.167. The average molecular weight is 396 g/mol. The average Bonchev–Trinajstić information content (AvgIpc) is 3.07.